The van der Waals surface area contributed by atoms with E-state index in [1.54, 1.807) is 12.2 Å². The molecule has 0 aromatic carbocycles. The van der Waals surface area contributed by atoms with Crippen molar-refractivity contribution >= 4 is 17.7 Å². The summed E-state index contributed by atoms with van der Waals surface area (Å²) in [5.41, 5.74) is 0. The topological polar surface area (TPSA) is 130 Å². The van der Waals surface area contributed by atoms with Crippen LogP contribution in [0.4, 0.5) is 0 Å². The predicted octanol–water partition coefficient (Wildman–Crippen LogP) is 4.97. The van der Waals surface area contributed by atoms with E-state index in [1.807, 2.05) is 12.2 Å². The van der Waals surface area contributed by atoms with E-state index in [1.165, 1.54) is 0 Å². The predicted molar refractivity (Wildman–Crippen MR) is 151 cm³/mol. The molecule has 1 aliphatic rings. The number of rotatable bonds is 22. The molecule has 0 bridgehead atoms. The second-order valence-corrected chi connectivity index (χ2v) is 10.7. The number of allylic oxidation sites excluding steroid dienone is 3. The minimum Gasteiger partial charge on any atom is -0.463 e. The van der Waals surface area contributed by atoms with Crippen molar-refractivity contribution in [1.29, 1.82) is 0 Å². The first kappa shape index (κ1) is 35.0. The van der Waals surface area contributed by atoms with Gasteiger partial charge in [-0.15, -0.1) is 0 Å². The standard InChI is InChI=1S/C31H52O8/c1-3-5-7-8-13-17-30(36)38-22-25(33)23-39-31(37)18-14-10-9-12-16-26-27(29(35)21-28(26)34)20-19-24(32)15-11-6-4-2/h9,12,19-20,24-28,32-34H,3-8,10-11,13-18,21-23H2,1-2H3/b12-9-,20-19+/t24-,25-,26+,27+,28-/m0/s1. The highest BCUT2D eigenvalue weighted by Gasteiger charge is 2.39. The first-order valence-electron chi connectivity index (χ1n) is 15.0. The zero-order chi connectivity index (χ0) is 28.9. The van der Waals surface area contributed by atoms with Gasteiger partial charge in [0, 0.05) is 31.1 Å². The van der Waals surface area contributed by atoms with Gasteiger partial charge in [-0.3, -0.25) is 14.4 Å². The molecule has 0 saturated heterocycles. The Morgan fingerprint density at radius 2 is 1.51 bits per heavy atom. The van der Waals surface area contributed by atoms with E-state index >= 15 is 0 Å². The number of hydrogen-bond acceptors (Lipinski definition) is 8. The highest BCUT2D eigenvalue weighted by Crippen LogP contribution is 2.33. The molecule has 0 aliphatic heterocycles. The van der Waals surface area contributed by atoms with Crippen LogP contribution in [0, 0.1) is 11.8 Å². The van der Waals surface area contributed by atoms with Gasteiger partial charge in [-0.25, -0.2) is 0 Å². The fraction of sp³-hybridized carbons (Fsp3) is 0.774. The number of ether oxygens (including phenoxy) is 2. The monoisotopic (exact) mass is 552 g/mol. The molecule has 0 unspecified atom stereocenters. The molecule has 1 rings (SSSR count). The van der Waals surface area contributed by atoms with Crippen LogP contribution in [0.15, 0.2) is 24.3 Å². The third kappa shape index (κ3) is 16.6. The van der Waals surface area contributed by atoms with Crippen molar-refractivity contribution in [3.63, 3.8) is 0 Å². The number of Topliss-reactive ketones (excluding diaryl/α,β-unsaturated/α-hetero) is 1. The Hall–Kier alpha value is -2.03. The van der Waals surface area contributed by atoms with Gasteiger partial charge in [-0.1, -0.05) is 83.1 Å². The van der Waals surface area contributed by atoms with Gasteiger partial charge >= 0.3 is 11.9 Å². The second-order valence-electron chi connectivity index (χ2n) is 10.7. The van der Waals surface area contributed by atoms with Crippen LogP contribution in [0.3, 0.4) is 0 Å². The summed E-state index contributed by atoms with van der Waals surface area (Å²) in [6.45, 7) is 3.84. The first-order valence-corrected chi connectivity index (χ1v) is 15.0. The van der Waals surface area contributed by atoms with E-state index in [4.69, 9.17) is 9.47 Å². The summed E-state index contributed by atoms with van der Waals surface area (Å²) in [5, 5.41) is 30.3. The average molecular weight is 553 g/mol. The van der Waals surface area contributed by atoms with Crippen LogP contribution < -0.4 is 0 Å². The molecule has 224 valence electrons. The molecule has 0 aromatic rings. The number of carbonyl (C=O) groups is 3. The second kappa shape index (κ2) is 21.8. The first-order chi connectivity index (χ1) is 18.8. The van der Waals surface area contributed by atoms with E-state index in [2.05, 4.69) is 13.8 Å². The number of carbonyl (C=O) groups excluding carboxylic acids is 3. The largest absolute Gasteiger partial charge is 0.463 e. The third-order valence-corrected chi connectivity index (χ3v) is 7.07. The normalized spacial score (nSPS) is 21.1. The molecule has 0 aromatic heterocycles. The quantitative estimate of drug-likeness (QED) is 0.0974. The Morgan fingerprint density at radius 1 is 0.897 bits per heavy atom. The Bertz CT molecular complexity index is 747. The Labute approximate surface area is 234 Å². The SMILES string of the molecule is CCCCCCCC(=O)OC[C@H](O)COC(=O)CCC/C=C\C[C@H]1[C@@H](O)CC(=O)[C@@H]1/C=C/[C@@H](O)CCCCC. The number of ketones is 1. The van der Waals surface area contributed by atoms with Gasteiger partial charge in [-0.2, -0.15) is 0 Å². The molecule has 0 amide bonds. The maximum Gasteiger partial charge on any atom is 0.305 e. The smallest absolute Gasteiger partial charge is 0.305 e. The van der Waals surface area contributed by atoms with Crippen LogP contribution in [0.1, 0.15) is 110 Å². The van der Waals surface area contributed by atoms with E-state index in [9.17, 15) is 29.7 Å². The van der Waals surface area contributed by atoms with Crippen LogP contribution in [0.2, 0.25) is 0 Å². The zero-order valence-corrected chi connectivity index (χ0v) is 24.1. The van der Waals surface area contributed by atoms with E-state index in [0.29, 0.717) is 32.1 Å². The van der Waals surface area contributed by atoms with Gasteiger partial charge in [0.25, 0.3) is 0 Å². The summed E-state index contributed by atoms with van der Waals surface area (Å²) in [4.78, 5) is 35.9. The fourth-order valence-corrected chi connectivity index (χ4v) is 4.65. The van der Waals surface area contributed by atoms with Gasteiger partial charge in [0.1, 0.15) is 25.1 Å². The zero-order valence-electron chi connectivity index (χ0n) is 24.1. The van der Waals surface area contributed by atoms with Gasteiger partial charge in [0.15, 0.2) is 0 Å². The lowest BCUT2D eigenvalue weighted by Crippen LogP contribution is -2.25. The van der Waals surface area contributed by atoms with Gasteiger partial charge in [0.2, 0.25) is 0 Å². The van der Waals surface area contributed by atoms with Crippen molar-refractivity contribution in [2.24, 2.45) is 11.8 Å². The van der Waals surface area contributed by atoms with Crippen LogP contribution in [0.5, 0.6) is 0 Å². The summed E-state index contributed by atoms with van der Waals surface area (Å²) < 4.78 is 10.1. The number of unbranched alkanes of at least 4 members (excludes halogenated alkanes) is 7. The summed E-state index contributed by atoms with van der Waals surface area (Å²) in [6, 6.07) is 0. The van der Waals surface area contributed by atoms with Crippen molar-refractivity contribution in [2.75, 3.05) is 13.2 Å². The van der Waals surface area contributed by atoms with Crippen molar-refractivity contribution < 1.29 is 39.2 Å². The Balaban J connectivity index is 2.22. The lowest BCUT2D eigenvalue weighted by molar-refractivity contribution is -0.152. The summed E-state index contributed by atoms with van der Waals surface area (Å²) in [6.07, 6.45) is 16.3. The summed E-state index contributed by atoms with van der Waals surface area (Å²) in [5.74, 6) is -1.38. The maximum absolute atomic E-state index is 12.3. The molecular formula is C31H52O8. The minimum atomic E-state index is -1.04. The highest BCUT2D eigenvalue weighted by molar-refractivity contribution is 5.86. The van der Waals surface area contributed by atoms with E-state index in [-0.39, 0.29) is 43.7 Å². The van der Waals surface area contributed by atoms with E-state index in [0.717, 1.165) is 51.4 Å². The number of hydrogen-bond donors (Lipinski definition) is 3. The molecule has 1 fully saturated rings. The minimum absolute atomic E-state index is 0.0000150. The molecule has 8 heteroatoms. The van der Waals surface area contributed by atoms with Crippen molar-refractivity contribution in [1.82, 2.24) is 0 Å². The molecule has 8 nitrogen and oxygen atoms in total. The average Bonchev–Trinajstić information content (AvgIpc) is 3.18. The highest BCUT2D eigenvalue weighted by atomic mass is 16.6. The van der Waals surface area contributed by atoms with Gasteiger partial charge in [0.05, 0.1) is 12.2 Å². The molecule has 39 heavy (non-hydrogen) atoms. The number of aliphatic hydroxyl groups is 3. The molecule has 3 N–H and O–H groups in total. The van der Waals surface area contributed by atoms with Crippen LogP contribution in [0.25, 0.3) is 0 Å². The van der Waals surface area contributed by atoms with Gasteiger partial charge < -0.3 is 24.8 Å². The number of aliphatic hydroxyl groups excluding tert-OH is 3. The Morgan fingerprint density at radius 3 is 2.18 bits per heavy atom. The summed E-state index contributed by atoms with van der Waals surface area (Å²) >= 11 is 0. The van der Waals surface area contributed by atoms with Gasteiger partial charge in [-0.05, 0) is 32.1 Å². The van der Waals surface area contributed by atoms with Crippen LogP contribution >= 0.6 is 0 Å². The molecule has 1 saturated carbocycles. The number of esters is 2. The molecule has 0 spiro atoms. The Kier molecular flexibility index (Phi) is 19.5. The molecule has 5 atom stereocenters. The van der Waals surface area contributed by atoms with Crippen molar-refractivity contribution in [3.05, 3.63) is 24.3 Å². The van der Waals surface area contributed by atoms with E-state index < -0.39 is 30.2 Å². The van der Waals surface area contributed by atoms with Crippen LogP contribution in [-0.2, 0) is 23.9 Å². The molecule has 0 heterocycles. The lowest BCUT2D eigenvalue weighted by Gasteiger charge is -2.17. The molecule has 1 aliphatic carbocycles. The lowest BCUT2D eigenvalue weighted by atomic mass is 9.90. The van der Waals surface area contributed by atoms with Crippen molar-refractivity contribution in [2.45, 2.75) is 128 Å². The molecule has 0 radical (unpaired) electrons. The van der Waals surface area contributed by atoms with Crippen LogP contribution in [-0.4, -0.2) is 64.6 Å². The third-order valence-electron chi connectivity index (χ3n) is 7.07. The maximum atomic E-state index is 12.3. The fourth-order valence-electron chi connectivity index (χ4n) is 4.65. The summed E-state index contributed by atoms with van der Waals surface area (Å²) in [7, 11) is 0. The van der Waals surface area contributed by atoms with Crippen molar-refractivity contribution in [3.8, 4) is 0 Å². The molecular weight excluding hydrogens is 500 g/mol.